The van der Waals surface area contributed by atoms with Gasteiger partial charge in [0.15, 0.2) is 11.5 Å². The fourth-order valence-electron chi connectivity index (χ4n) is 2.68. The van der Waals surface area contributed by atoms with Crippen LogP contribution in [0.1, 0.15) is 35.8 Å². The maximum Gasteiger partial charge on any atom is 0.276 e. The van der Waals surface area contributed by atoms with Gasteiger partial charge in [0.2, 0.25) is 0 Å². The lowest BCUT2D eigenvalue weighted by molar-refractivity contribution is -0.0588. The van der Waals surface area contributed by atoms with Crippen molar-refractivity contribution in [1.82, 2.24) is 15.0 Å². The van der Waals surface area contributed by atoms with Gasteiger partial charge in [0, 0.05) is 24.8 Å². The number of carbonyl (C=O) groups is 1. The Hall–Kier alpha value is -2.41. The quantitative estimate of drug-likeness (QED) is 0.855. The molecule has 2 atom stereocenters. The van der Waals surface area contributed by atoms with E-state index in [1.54, 1.807) is 17.2 Å². The van der Waals surface area contributed by atoms with Gasteiger partial charge in [-0.05, 0) is 32.9 Å². The molecule has 24 heavy (non-hydrogen) atoms. The molecule has 3 rings (SSSR count). The van der Waals surface area contributed by atoms with Crippen molar-refractivity contribution in [2.45, 2.75) is 39.6 Å². The van der Waals surface area contributed by atoms with Crippen molar-refractivity contribution in [2.24, 2.45) is 0 Å². The van der Waals surface area contributed by atoms with Gasteiger partial charge < -0.3 is 18.9 Å². The molecule has 1 saturated heterocycles. The Morgan fingerprint density at radius 3 is 2.75 bits per heavy atom. The van der Waals surface area contributed by atoms with Gasteiger partial charge in [-0.3, -0.25) is 9.78 Å². The van der Waals surface area contributed by atoms with Gasteiger partial charge >= 0.3 is 0 Å². The standard InChI is InChI=1S/C17H21N3O4/c1-11-4-5-14(7-18-11)22-10-15-6-16(19-24-15)17(21)20-8-12(2)23-13(3)9-20/h4-7,12-13H,8-10H2,1-3H3/t12-,13+. The molecular weight excluding hydrogens is 310 g/mol. The number of rotatable bonds is 4. The minimum atomic E-state index is -0.149. The molecule has 128 valence electrons. The summed E-state index contributed by atoms with van der Waals surface area (Å²) in [5.41, 5.74) is 1.21. The molecule has 1 aliphatic rings. The van der Waals surface area contributed by atoms with Crippen LogP contribution >= 0.6 is 0 Å². The minimum Gasteiger partial charge on any atom is -0.484 e. The number of nitrogens with zero attached hydrogens (tertiary/aromatic N) is 3. The summed E-state index contributed by atoms with van der Waals surface area (Å²) in [6, 6.07) is 5.32. The average Bonchev–Trinajstić information content (AvgIpc) is 3.01. The van der Waals surface area contributed by atoms with Crippen LogP contribution in [-0.4, -0.2) is 46.2 Å². The van der Waals surface area contributed by atoms with E-state index in [9.17, 15) is 4.79 Å². The van der Waals surface area contributed by atoms with Gasteiger partial charge in [0.25, 0.3) is 5.91 Å². The molecule has 0 saturated carbocycles. The largest absolute Gasteiger partial charge is 0.484 e. The zero-order valence-corrected chi connectivity index (χ0v) is 14.1. The molecule has 0 radical (unpaired) electrons. The van der Waals surface area contributed by atoms with Crippen LogP contribution < -0.4 is 4.74 Å². The second-order valence-electron chi connectivity index (χ2n) is 6.07. The van der Waals surface area contributed by atoms with Crippen molar-refractivity contribution in [2.75, 3.05) is 13.1 Å². The Morgan fingerprint density at radius 2 is 2.08 bits per heavy atom. The van der Waals surface area contributed by atoms with Crippen molar-refractivity contribution < 1.29 is 18.8 Å². The van der Waals surface area contributed by atoms with E-state index < -0.39 is 0 Å². The number of ether oxygens (including phenoxy) is 2. The lowest BCUT2D eigenvalue weighted by Crippen LogP contribution is -2.48. The minimum absolute atomic E-state index is 0.0152. The van der Waals surface area contributed by atoms with E-state index in [0.717, 1.165) is 5.69 Å². The lowest BCUT2D eigenvalue weighted by Gasteiger charge is -2.34. The molecule has 2 aromatic heterocycles. The van der Waals surface area contributed by atoms with Crippen molar-refractivity contribution in [1.29, 1.82) is 0 Å². The highest BCUT2D eigenvalue weighted by Gasteiger charge is 2.28. The average molecular weight is 331 g/mol. The van der Waals surface area contributed by atoms with Gasteiger partial charge in [-0.25, -0.2) is 0 Å². The summed E-state index contributed by atoms with van der Waals surface area (Å²) >= 11 is 0. The van der Waals surface area contributed by atoms with Gasteiger partial charge in [-0.2, -0.15) is 0 Å². The van der Waals surface area contributed by atoms with Crippen LogP contribution in [0.3, 0.4) is 0 Å². The zero-order chi connectivity index (χ0) is 17.1. The first kappa shape index (κ1) is 16.4. The number of pyridine rings is 1. The normalized spacial score (nSPS) is 20.9. The molecule has 0 spiro atoms. The third kappa shape index (κ3) is 3.91. The van der Waals surface area contributed by atoms with Crippen molar-refractivity contribution >= 4 is 5.91 Å². The summed E-state index contributed by atoms with van der Waals surface area (Å²) in [6.07, 6.45) is 1.68. The third-order valence-electron chi connectivity index (χ3n) is 3.75. The van der Waals surface area contributed by atoms with E-state index >= 15 is 0 Å². The highest BCUT2D eigenvalue weighted by molar-refractivity contribution is 5.92. The fraction of sp³-hybridized carbons (Fsp3) is 0.471. The number of aromatic nitrogens is 2. The number of hydrogen-bond donors (Lipinski definition) is 0. The van der Waals surface area contributed by atoms with Crippen LogP contribution in [-0.2, 0) is 11.3 Å². The second-order valence-corrected chi connectivity index (χ2v) is 6.07. The van der Waals surface area contributed by atoms with E-state index in [2.05, 4.69) is 10.1 Å². The van der Waals surface area contributed by atoms with E-state index in [4.69, 9.17) is 14.0 Å². The number of hydrogen-bond acceptors (Lipinski definition) is 6. The van der Waals surface area contributed by atoms with Crippen LogP contribution in [0.25, 0.3) is 0 Å². The topological polar surface area (TPSA) is 77.7 Å². The summed E-state index contributed by atoms with van der Waals surface area (Å²) < 4.78 is 16.4. The summed E-state index contributed by atoms with van der Waals surface area (Å²) in [7, 11) is 0. The van der Waals surface area contributed by atoms with Crippen LogP contribution in [0, 0.1) is 6.92 Å². The SMILES string of the molecule is Cc1ccc(OCc2cc(C(=O)N3C[C@@H](C)O[C@@H](C)C3)no2)cn1. The first-order valence-electron chi connectivity index (χ1n) is 7.97. The van der Waals surface area contributed by atoms with Gasteiger partial charge in [-0.1, -0.05) is 5.16 Å². The van der Waals surface area contributed by atoms with Crippen LogP contribution in [0.4, 0.5) is 0 Å². The molecule has 0 aliphatic carbocycles. The maximum absolute atomic E-state index is 12.5. The number of amides is 1. The zero-order valence-electron chi connectivity index (χ0n) is 14.1. The molecular formula is C17H21N3O4. The van der Waals surface area contributed by atoms with Crippen molar-refractivity contribution in [3.05, 3.63) is 41.5 Å². The summed E-state index contributed by atoms with van der Waals surface area (Å²) in [6.45, 7) is 7.11. The fourth-order valence-corrected chi connectivity index (χ4v) is 2.68. The Morgan fingerprint density at radius 1 is 1.33 bits per heavy atom. The van der Waals surface area contributed by atoms with Gasteiger partial charge in [0.05, 0.1) is 18.4 Å². The Kier molecular flexibility index (Phi) is 4.80. The first-order valence-corrected chi connectivity index (χ1v) is 7.97. The van der Waals surface area contributed by atoms with E-state index in [1.165, 1.54) is 0 Å². The highest BCUT2D eigenvalue weighted by atomic mass is 16.5. The summed E-state index contributed by atoms with van der Waals surface area (Å²) in [4.78, 5) is 18.4. The smallest absolute Gasteiger partial charge is 0.276 e. The highest BCUT2D eigenvalue weighted by Crippen LogP contribution is 2.16. The molecule has 1 fully saturated rings. The predicted octanol–water partition coefficient (Wildman–Crippen LogP) is 2.21. The molecule has 3 heterocycles. The van der Waals surface area contributed by atoms with Gasteiger partial charge in [0.1, 0.15) is 12.4 Å². The van der Waals surface area contributed by atoms with Crippen LogP contribution in [0.15, 0.2) is 28.9 Å². The molecule has 0 aromatic carbocycles. The monoisotopic (exact) mass is 331 g/mol. The lowest BCUT2D eigenvalue weighted by atomic mass is 10.2. The maximum atomic E-state index is 12.5. The third-order valence-corrected chi connectivity index (χ3v) is 3.75. The molecule has 0 bridgehead atoms. The second kappa shape index (κ2) is 7.00. The molecule has 0 N–H and O–H groups in total. The molecule has 2 aromatic rings. The Balaban J connectivity index is 1.60. The summed E-state index contributed by atoms with van der Waals surface area (Å²) in [5, 5.41) is 3.87. The Bertz CT molecular complexity index is 688. The Labute approximate surface area is 140 Å². The van der Waals surface area contributed by atoms with Crippen molar-refractivity contribution in [3.8, 4) is 5.75 Å². The molecule has 0 unspecified atom stereocenters. The van der Waals surface area contributed by atoms with Gasteiger partial charge in [-0.15, -0.1) is 0 Å². The summed E-state index contributed by atoms with van der Waals surface area (Å²) in [5.74, 6) is 0.984. The van der Waals surface area contributed by atoms with E-state index in [-0.39, 0.29) is 30.4 Å². The van der Waals surface area contributed by atoms with Crippen LogP contribution in [0.5, 0.6) is 5.75 Å². The van der Waals surface area contributed by atoms with Crippen molar-refractivity contribution in [3.63, 3.8) is 0 Å². The number of carbonyl (C=O) groups excluding carboxylic acids is 1. The molecule has 7 heteroatoms. The molecule has 7 nitrogen and oxygen atoms in total. The van der Waals surface area contributed by atoms with E-state index in [0.29, 0.717) is 24.6 Å². The number of morpholine rings is 1. The molecule has 1 aliphatic heterocycles. The molecule has 1 amide bonds. The number of aryl methyl sites for hydroxylation is 1. The first-order chi connectivity index (χ1) is 11.5. The predicted molar refractivity (Wildman–Crippen MR) is 85.7 cm³/mol. The van der Waals surface area contributed by atoms with Crippen LogP contribution in [0.2, 0.25) is 0 Å². The van der Waals surface area contributed by atoms with E-state index in [1.807, 2.05) is 32.9 Å².